The van der Waals surface area contributed by atoms with Gasteiger partial charge in [0.05, 0.1) is 6.61 Å². The van der Waals surface area contributed by atoms with Crippen molar-refractivity contribution in [3.05, 3.63) is 17.0 Å². The van der Waals surface area contributed by atoms with Crippen LogP contribution in [0.2, 0.25) is 5.15 Å². The van der Waals surface area contributed by atoms with Crippen molar-refractivity contribution in [1.29, 1.82) is 0 Å². The van der Waals surface area contributed by atoms with Gasteiger partial charge in [-0.25, -0.2) is 9.97 Å². The average Bonchev–Trinajstić information content (AvgIpc) is 2.10. The molecule has 13 heavy (non-hydrogen) atoms. The van der Waals surface area contributed by atoms with Crippen LogP contribution in [0.3, 0.4) is 0 Å². The molecule has 1 aromatic heterocycles. The van der Waals surface area contributed by atoms with E-state index < -0.39 is 0 Å². The lowest BCUT2D eigenvalue weighted by atomic mass is 10.3. The Bertz CT molecular complexity index is 293. The van der Waals surface area contributed by atoms with Gasteiger partial charge in [-0.1, -0.05) is 11.6 Å². The Morgan fingerprint density at radius 3 is 2.85 bits per heavy atom. The number of hydrogen-bond acceptors (Lipinski definition) is 4. The maximum Gasteiger partial charge on any atom is 0.137 e. The molecule has 0 fully saturated rings. The first-order valence-electron chi connectivity index (χ1n) is 3.96. The number of likely N-dealkylation sites (N-methyl/N-ethyl adjacent to an activating group) is 1. The standard InChI is InChI=1S/C8H12ClN3O/c1-6-7(9)10-5-11-8(6)12(2)3-4-13/h5,13H,3-4H2,1-2H3. The monoisotopic (exact) mass is 201 g/mol. The van der Waals surface area contributed by atoms with E-state index in [1.54, 1.807) is 0 Å². The Kier molecular flexibility index (Phi) is 3.45. The molecular formula is C8H12ClN3O. The molecule has 4 nitrogen and oxygen atoms in total. The maximum absolute atomic E-state index is 8.74. The van der Waals surface area contributed by atoms with Gasteiger partial charge in [0.25, 0.3) is 0 Å². The van der Waals surface area contributed by atoms with Gasteiger partial charge >= 0.3 is 0 Å². The molecule has 0 aromatic carbocycles. The van der Waals surface area contributed by atoms with Gasteiger partial charge in [0.2, 0.25) is 0 Å². The first kappa shape index (κ1) is 10.2. The zero-order chi connectivity index (χ0) is 9.84. The van der Waals surface area contributed by atoms with E-state index in [2.05, 4.69) is 9.97 Å². The van der Waals surface area contributed by atoms with Crippen LogP contribution in [0.15, 0.2) is 6.33 Å². The largest absolute Gasteiger partial charge is 0.395 e. The van der Waals surface area contributed by atoms with Crippen molar-refractivity contribution in [2.75, 3.05) is 25.1 Å². The number of nitrogens with zero attached hydrogens (tertiary/aromatic N) is 3. The van der Waals surface area contributed by atoms with Gasteiger partial charge in [-0.3, -0.25) is 0 Å². The second-order valence-corrected chi connectivity index (χ2v) is 3.12. The highest BCUT2D eigenvalue weighted by Gasteiger charge is 2.08. The molecule has 72 valence electrons. The lowest BCUT2D eigenvalue weighted by Gasteiger charge is -2.18. The third-order valence-electron chi connectivity index (χ3n) is 1.79. The Labute approximate surface area is 82.2 Å². The Morgan fingerprint density at radius 2 is 2.23 bits per heavy atom. The van der Waals surface area contributed by atoms with Crippen LogP contribution in [0.1, 0.15) is 5.56 Å². The summed E-state index contributed by atoms with van der Waals surface area (Å²) in [4.78, 5) is 9.76. The summed E-state index contributed by atoms with van der Waals surface area (Å²) in [5.41, 5.74) is 0.833. The molecule has 1 aromatic rings. The van der Waals surface area contributed by atoms with Crippen LogP contribution in [-0.2, 0) is 0 Å². The zero-order valence-electron chi connectivity index (χ0n) is 7.66. The van der Waals surface area contributed by atoms with Gasteiger partial charge in [-0.15, -0.1) is 0 Å². The number of hydrogen-bond donors (Lipinski definition) is 1. The highest BCUT2D eigenvalue weighted by molar-refractivity contribution is 6.30. The van der Waals surface area contributed by atoms with Crippen molar-refractivity contribution in [2.45, 2.75) is 6.92 Å². The Hall–Kier alpha value is -0.870. The Morgan fingerprint density at radius 1 is 1.54 bits per heavy atom. The zero-order valence-corrected chi connectivity index (χ0v) is 8.41. The lowest BCUT2D eigenvalue weighted by molar-refractivity contribution is 0.304. The molecule has 0 unspecified atom stereocenters. The average molecular weight is 202 g/mol. The topological polar surface area (TPSA) is 49.2 Å². The number of rotatable bonds is 3. The van der Waals surface area contributed by atoms with Gasteiger partial charge in [-0.05, 0) is 6.92 Å². The highest BCUT2D eigenvalue weighted by Crippen LogP contribution is 2.20. The molecule has 0 aliphatic heterocycles. The molecule has 0 aliphatic rings. The molecule has 0 spiro atoms. The van der Waals surface area contributed by atoms with Gasteiger partial charge in [-0.2, -0.15) is 0 Å². The van der Waals surface area contributed by atoms with Crippen LogP contribution >= 0.6 is 11.6 Å². The number of aliphatic hydroxyl groups is 1. The summed E-state index contributed by atoms with van der Waals surface area (Å²) in [6.07, 6.45) is 1.42. The van der Waals surface area contributed by atoms with E-state index in [-0.39, 0.29) is 6.61 Å². The number of aromatic nitrogens is 2. The second kappa shape index (κ2) is 4.39. The first-order chi connectivity index (χ1) is 6.16. The maximum atomic E-state index is 8.74. The number of aliphatic hydroxyl groups excluding tert-OH is 1. The van der Waals surface area contributed by atoms with Crippen LogP contribution in [0, 0.1) is 6.92 Å². The van der Waals surface area contributed by atoms with E-state index in [4.69, 9.17) is 16.7 Å². The van der Waals surface area contributed by atoms with E-state index in [0.29, 0.717) is 11.7 Å². The van der Waals surface area contributed by atoms with Crippen molar-refractivity contribution in [3.63, 3.8) is 0 Å². The summed E-state index contributed by atoms with van der Waals surface area (Å²) in [5, 5.41) is 9.19. The molecule has 0 aliphatic carbocycles. The van der Waals surface area contributed by atoms with E-state index >= 15 is 0 Å². The minimum atomic E-state index is 0.0948. The van der Waals surface area contributed by atoms with Crippen molar-refractivity contribution < 1.29 is 5.11 Å². The van der Waals surface area contributed by atoms with Gasteiger partial charge in [0.1, 0.15) is 17.3 Å². The van der Waals surface area contributed by atoms with E-state index in [1.807, 2.05) is 18.9 Å². The minimum Gasteiger partial charge on any atom is -0.395 e. The molecule has 0 radical (unpaired) electrons. The quantitative estimate of drug-likeness (QED) is 0.738. The molecule has 1 N–H and O–H groups in total. The van der Waals surface area contributed by atoms with Crippen molar-refractivity contribution in [3.8, 4) is 0 Å². The number of halogens is 1. The summed E-state index contributed by atoms with van der Waals surface area (Å²) in [6, 6.07) is 0. The molecular weight excluding hydrogens is 190 g/mol. The van der Waals surface area contributed by atoms with E-state index in [1.165, 1.54) is 6.33 Å². The molecule has 5 heteroatoms. The molecule has 0 bridgehead atoms. The molecule has 0 amide bonds. The fourth-order valence-corrected chi connectivity index (χ4v) is 1.19. The predicted octanol–water partition coefficient (Wildman–Crippen LogP) is 0.867. The van der Waals surface area contributed by atoms with Crippen LogP contribution in [0.25, 0.3) is 0 Å². The molecule has 1 heterocycles. The van der Waals surface area contributed by atoms with E-state index in [0.717, 1.165) is 11.4 Å². The van der Waals surface area contributed by atoms with Crippen LogP contribution in [0.4, 0.5) is 5.82 Å². The summed E-state index contributed by atoms with van der Waals surface area (Å²) in [5.74, 6) is 0.758. The van der Waals surface area contributed by atoms with Gasteiger partial charge < -0.3 is 10.0 Å². The van der Waals surface area contributed by atoms with Crippen LogP contribution in [0.5, 0.6) is 0 Å². The van der Waals surface area contributed by atoms with Crippen LogP contribution in [-0.4, -0.2) is 35.3 Å². The van der Waals surface area contributed by atoms with Gasteiger partial charge in [0, 0.05) is 19.2 Å². The van der Waals surface area contributed by atoms with Crippen molar-refractivity contribution >= 4 is 17.4 Å². The predicted molar refractivity (Wildman–Crippen MR) is 52.1 cm³/mol. The normalized spacial score (nSPS) is 10.2. The van der Waals surface area contributed by atoms with Crippen molar-refractivity contribution in [1.82, 2.24) is 9.97 Å². The fraction of sp³-hybridized carbons (Fsp3) is 0.500. The summed E-state index contributed by atoms with van der Waals surface area (Å²) < 4.78 is 0. The summed E-state index contributed by atoms with van der Waals surface area (Å²) in [6.45, 7) is 2.48. The van der Waals surface area contributed by atoms with Gasteiger partial charge in [0.15, 0.2) is 0 Å². The smallest absolute Gasteiger partial charge is 0.137 e. The second-order valence-electron chi connectivity index (χ2n) is 2.76. The molecule has 0 saturated heterocycles. The SMILES string of the molecule is Cc1c(Cl)ncnc1N(C)CCO. The third-order valence-corrected chi connectivity index (χ3v) is 2.17. The summed E-state index contributed by atoms with van der Waals surface area (Å²) in [7, 11) is 1.85. The third kappa shape index (κ3) is 2.29. The van der Waals surface area contributed by atoms with Crippen LogP contribution < -0.4 is 4.90 Å². The number of anilines is 1. The first-order valence-corrected chi connectivity index (χ1v) is 4.33. The van der Waals surface area contributed by atoms with Crippen molar-refractivity contribution in [2.24, 2.45) is 0 Å². The molecule has 1 rings (SSSR count). The fourth-order valence-electron chi connectivity index (χ4n) is 1.06. The minimum absolute atomic E-state index is 0.0948. The van der Waals surface area contributed by atoms with E-state index in [9.17, 15) is 0 Å². The molecule has 0 atom stereocenters. The lowest BCUT2D eigenvalue weighted by Crippen LogP contribution is -2.23. The Balaban J connectivity index is 2.93. The summed E-state index contributed by atoms with van der Waals surface area (Å²) >= 11 is 5.82. The highest BCUT2D eigenvalue weighted by atomic mass is 35.5. The molecule has 0 saturated carbocycles.